The van der Waals surface area contributed by atoms with Crippen molar-refractivity contribution in [1.29, 1.82) is 0 Å². The lowest BCUT2D eigenvalue weighted by Gasteiger charge is -2.04. The van der Waals surface area contributed by atoms with Gasteiger partial charge in [-0.2, -0.15) is 0 Å². The van der Waals surface area contributed by atoms with E-state index >= 15 is 0 Å². The first kappa shape index (κ1) is 12.7. The molecule has 0 aliphatic carbocycles. The van der Waals surface area contributed by atoms with Crippen molar-refractivity contribution in [3.8, 4) is 0 Å². The SMILES string of the molecule is O=C1Nc2ccccc2C1=C1OCc2c1cnc(Cl)c2Cl. The second kappa shape index (κ2) is 4.48. The quantitative estimate of drug-likeness (QED) is 0.594. The Morgan fingerprint density at radius 2 is 2.00 bits per heavy atom. The van der Waals surface area contributed by atoms with Gasteiger partial charge in [-0.3, -0.25) is 4.79 Å². The highest BCUT2D eigenvalue weighted by Crippen LogP contribution is 2.43. The number of nitrogens with one attached hydrogen (secondary N) is 1. The zero-order valence-electron chi connectivity index (χ0n) is 10.6. The van der Waals surface area contributed by atoms with Crippen molar-refractivity contribution in [2.45, 2.75) is 6.61 Å². The first-order valence-electron chi connectivity index (χ1n) is 6.28. The summed E-state index contributed by atoms with van der Waals surface area (Å²) >= 11 is 12.1. The number of nitrogens with zero attached hydrogens (tertiary/aromatic N) is 1. The molecule has 4 nitrogen and oxygen atoms in total. The van der Waals surface area contributed by atoms with Crippen LogP contribution in [0.2, 0.25) is 10.2 Å². The van der Waals surface area contributed by atoms with Crippen LogP contribution in [0, 0.1) is 0 Å². The average molecular weight is 319 g/mol. The van der Waals surface area contributed by atoms with E-state index in [1.54, 1.807) is 6.20 Å². The molecule has 2 aliphatic rings. The van der Waals surface area contributed by atoms with E-state index in [1.165, 1.54) is 0 Å². The molecule has 6 heteroatoms. The molecule has 21 heavy (non-hydrogen) atoms. The second-order valence-electron chi connectivity index (χ2n) is 4.75. The number of hydrogen-bond donors (Lipinski definition) is 1. The topological polar surface area (TPSA) is 51.2 Å². The first-order valence-corrected chi connectivity index (χ1v) is 7.03. The minimum Gasteiger partial charge on any atom is -0.487 e. The summed E-state index contributed by atoms with van der Waals surface area (Å²) in [5.41, 5.74) is 3.57. The fourth-order valence-electron chi connectivity index (χ4n) is 2.61. The molecule has 4 rings (SSSR count). The van der Waals surface area contributed by atoms with E-state index in [2.05, 4.69) is 10.3 Å². The normalized spacial score (nSPS) is 19.0. The number of fused-ring (bicyclic) bond motifs is 2. The van der Waals surface area contributed by atoms with Crippen LogP contribution in [0.4, 0.5) is 5.69 Å². The van der Waals surface area contributed by atoms with Crippen molar-refractivity contribution in [2.24, 2.45) is 0 Å². The summed E-state index contributed by atoms with van der Waals surface area (Å²) in [4.78, 5) is 16.3. The summed E-state index contributed by atoms with van der Waals surface area (Å²) in [7, 11) is 0. The highest BCUT2D eigenvalue weighted by atomic mass is 35.5. The van der Waals surface area contributed by atoms with Crippen LogP contribution < -0.4 is 5.32 Å². The summed E-state index contributed by atoms with van der Waals surface area (Å²) in [6.07, 6.45) is 1.59. The molecule has 104 valence electrons. The second-order valence-corrected chi connectivity index (χ2v) is 5.48. The number of para-hydroxylation sites is 1. The van der Waals surface area contributed by atoms with E-state index in [0.29, 0.717) is 21.9 Å². The minimum absolute atomic E-state index is 0.190. The third-order valence-electron chi connectivity index (χ3n) is 3.58. The maximum Gasteiger partial charge on any atom is 0.260 e. The number of aromatic nitrogens is 1. The van der Waals surface area contributed by atoms with Crippen molar-refractivity contribution in [2.75, 3.05) is 5.32 Å². The van der Waals surface area contributed by atoms with Crippen LogP contribution in [0.25, 0.3) is 11.3 Å². The third kappa shape index (κ3) is 1.76. The molecule has 2 aromatic rings. The molecule has 1 aromatic heterocycles. The summed E-state index contributed by atoms with van der Waals surface area (Å²) < 4.78 is 5.71. The largest absolute Gasteiger partial charge is 0.487 e. The van der Waals surface area contributed by atoms with E-state index in [4.69, 9.17) is 27.9 Å². The molecule has 0 atom stereocenters. The number of amides is 1. The molecule has 0 fully saturated rings. The van der Waals surface area contributed by atoms with Gasteiger partial charge in [0.15, 0.2) is 0 Å². The molecule has 2 aliphatic heterocycles. The van der Waals surface area contributed by atoms with Crippen LogP contribution in [0.5, 0.6) is 0 Å². The molecule has 0 spiro atoms. The predicted octanol–water partition coefficient (Wildman–Crippen LogP) is 3.74. The summed E-state index contributed by atoms with van der Waals surface area (Å²) in [5, 5.41) is 3.43. The van der Waals surface area contributed by atoms with E-state index in [0.717, 1.165) is 16.8 Å². The van der Waals surface area contributed by atoms with Crippen molar-refractivity contribution in [3.63, 3.8) is 0 Å². The number of hydrogen-bond acceptors (Lipinski definition) is 3. The summed E-state index contributed by atoms with van der Waals surface area (Å²) in [5.74, 6) is 0.309. The molecular formula is C15H8Cl2N2O2. The van der Waals surface area contributed by atoms with Gasteiger partial charge in [0.25, 0.3) is 5.91 Å². The highest BCUT2D eigenvalue weighted by Gasteiger charge is 2.33. The molecule has 0 bridgehead atoms. The Hall–Kier alpha value is -2.04. The van der Waals surface area contributed by atoms with Gasteiger partial charge in [0.2, 0.25) is 0 Å². The van der Waals surface area contributed by atoms with Crippen LogP contribution in [0.15, 0.2) is 30.5 Å². The Labute approximate surface area is 130 Å². The number of carbonyl (C=O) groups excluding carboxylic acids is 1. The molecule has 0 radical (unpaired) electrons. The molecule has 3 heterocycles. The van der Waals surface area contributed by atoms with Crippen LogP contribution in [-0.2, 0) is 16.1 Å². The number of rotatable bonds is 0. The fourth-order valence-corrected chi connectivity index (χ4v) is 2.97. The van der Waals surface area contributed by atoms with Crippen molar-refractivity contribution in [3.05, 3.63) is 57.3 Å². The lowest BCUT2D eigenvalue weighted by molar-refractivity contribution is -0.110. The van der Waals surface area contributed by atoms with Gasteiger partial charge in [0.05, 0.1) is 10.6 Å². The summed E-state index contributed by atoms with van der Waals surface area (Å²) in [6.45, 7) is 0.282. The molecule has 0 saturated heterocycles. The minimum atomic E-state index is -0.190. The Balaban J connectivity index is 1.98. The maximum absolute atomic E-state index is 12.3. The zero-order chi connectivity index (χ0) is 14.6. The Bertz CT molecular complexity index is 830. The summed E-state index contributed by atoms with van der Waals surface area (Å²) in [6, 6.07) is 7.47. The molecular weight excluding hydrogens is 311 g/mol. The smallest absolute Gasteiger partial charge is 0.260 e. The first-order chi connectivity index (χ1) is 10.2. The van der Waals surface area contributed by atoms with Gasteiger partial charge in [-0.25, -0.2) is 4.98 Å². The molecule has 1 amide bonds. The number of ether oxygens (including phenoxy) is 1. The standard InChI is InChI=1S/C15H8Cl2N2O2/c16-12-9-6-21-13(8(9)5-18-14(12)17)11-7-3-1-2-4-10(7)19-15(11)20/h1-5H,6H2,(H,19,20). The predicted molar refractivity (Wildman–Crippen MR) is 80.9 cm³/mol. The van der Waals surface area contributed by atoms with Crippen molar-refractivity contribution in [1.82, 2.24) is 4.98 Å². The van der Waals surface area contributed by atoms with E-state index in [1.807, 2.05) is 24.3 Å². The number of anilines is 1. The molecule has 0 unspecified atom stereocenters. The highest BCUT2D eigenvalue weighted by molar-refractivity contribution is 6.42. The van der Waals surface area contributed by atoms with Crippen LogP contribution in [0.1, 0.15) is 16.7 Å². The monoisotopic (exact) mass is 318 g/mol. The number of benzene rings is 1. The fraction of sp³-hybridized carbons (Fsp3) is 0.0667. The van der Waals surface area contributed by atoms with E-state index in [9.17, 15) is 4.79 Å². The van der Waals surface area contributed by atoms with Gasteiger partial charge in [-0.15, -0.1) is 0 Å². The van der Waals surface area contributed by atoms with Crippen LogP contribution in [0.3, 0.4) is 0 Å². The van der Waals surface area contributed by atoms with Gasteiger partial charge in [-0.1, -0.05) is 41.4 Å². The Morgan fingerprint density at radius 3 is 2.86 bits per heavy atom. The number of carbonyl (C=O) groups is 1. The van der Waals surface area contributed by atoms with Gasteiger partial charge in [-0.05, 0) is 6.07 Å². The lowest BCUT2D eigenvalue weighted by Crippen LogP contribution is -2.05. The Morgan fingerprint density at radius 1 is 1.19 bits per heavy atom. The number of pyridine rings is 1. The molecule has 1 N–H and O–H groups in total. The lowest BCUT2D eigenvalue weighted by atomic mass is 10.0. The molecule has 1 aromatic carbocycles. The Kier molecular flexibility index (Phi) is 2.71. The maximum atomic E-state index is 12.3. The molecule has 0 saturated carbocycles. The van der Waals surface area contributed by atoms with Gasteiger partial charge >= 0.3 is 0 Å². The van der Waals surface area contributed by atoms with Gasteiger partial charge < -0.3 is 10.1 Å². The van der Waals surface area contributed by atoms with Crippen molar-refractivity contribution >= 4 is 46.1 Å². The van der Waals surface area contributed by atoms with Crippen LogP contribution >= 0.6 is 23.2 Å². The zero-order valence-corrected chi connectivity index (χ0v) is 12.1. The van der Waals surface area contributed by atoms with E-state index < -0.39 is 0 Å². The van der Waals surface area contributed by atoms with Gasteiger partial charge in [0.1, 0.15) is 17.5 Å². The van der Waals surface area contributed by atoms with Crippen LogP contribution in [-0.4, -0.2) is 10.9 Å². The van der Waals surface area contributed by atoms with Crippen molar-refractivity contribution < 1.29 is 9.53 Å². The third-order valence-corrected chi connectivity index (χ3v) is 4.37. The van der Waals surface area contributed by atoms with Gasteiger partial charge in [0, 0.05) is 28.6 Å². The number of halogens is 2. The van der Waals surface area contributed by atoms with E-state index in [-0.39, 0.29) is 17.7 Å². The average Bonchev–Trinajstić information content (AvgIpc) is 3.03.